The SMILES string of the molecule is Cc1ccc(S(=O)(=O)N2CCC(c3c[nH]c4ccc(F)cc34)CC2)c(C)c1. The van der Waals surface area contributed by atoms with Crippen molar-refractivity contribution in [3.05, 3.63) is 65.1 Å². The molecule has 1 fully saturated rings. The van der Waals surface area contributed by atoms with Crippen LogP contribution in [0.4, 0.5) is 4.39 Å². The topological polar surface area (TPSA) is 53.2 Å². The zero-order chi connectivity index (χ0) is 19.2. The van der Waals surface area contributed by atoms with Crippen LogP contribution in [0.3, 0.4) is 0 Å². The Balaban J connectivity index is 1.55. The highest BCUT2D eigenvalue weighted by molar-refractivity contribution is 7.89. The van der Waals surface area contributed by atoms with Crippen molar-refractivity contribution in [2.75, 3.05) is 13.1 Å². The second kappa shape index (κ2) is 6.77. The fourth-order valence-corrected chi connectivity index (χ4v) is 5.76. The van der Waals surface area contributed by atoms with E-state index in [2.05, 4.69) is 4.98 Å². The largest absolute Gasteiger partial charge is 0.361 e. The molecule has 0 atom stereocenters. The third kappa shape index (κ3) is 3.28. The van der Waals surface area contributed by atoms with Crippen LogP contribution < -0.4 is 0 Å². The molecule has 4 nitrogen and oxygen atoms in total. The second-order valence-corrected chi connectivity index (χ2v) is 9.29. The quantitative estimate of drug-likeness (QED) is 0.721. The number of nitrogens with zero attached hydrogens (tertiary/aromatic N) is 1. The number of aryl methyl sites for hydroxylation is 2. The molecule has 0 spiro atoms. The fraction of sp³-hybridized carbons (Fsp3) is 0.333. The Labute approximate surface area is 159 Å². The molecular formula is C21H23FN2O2S. The number of rotatable bonds is 3. The molecule has 0 aliphatic carbocycles. The van der Waals surface area contributed by atoms with E-state index >= 15 is 0 Å². The Kier molecular flexibility index (Phi) is 4.56. The van der Waals surface area contributed by atoms with Crippen LogP contribution in [0, 0.1) is 19.7 Å². The first kappa shape index (κ1) is 18.2. The molecule has 3 aromatic rings. The maximum absolute atomic E-state index is 13.6. The lowest BCUT2D eigenvalue weighted by molar-refractivity contribution is 0.320. The Morgan fingerprint density at radius 2 is 1.81 bits per heavy atom. The summed E-state index contributed by atoms with van der Waals surface area (Å²) >= 11 is 0. The molecule has 0 saturated carbocycles. The molecule has 6 heteroatoms. The smallest absolute Gasteiger partial charge is 0.243 e. The second-order valence-electron chi connectivity index (χ2n) is 7.38. The minimum atomic E-state index is -3.49. The number of hydrogen-bond donors (Lipinski definition) is 1. The van der Waals surface area contributed by atoms with Gasteiger partial charge in [0.2, 0.25) is 10.0 Å². The summed E-state index contributed by atoms with van der Waals surface area (Å²) in [6.45, 7) is 4.75. The zero-order valence-corrected chi connectivity index (χ0v) is 16.3. The monoisotopic (exact) mass is 386 g/mol. The molecular weight excluding hydrogens is 363 g/mol. The van der Waals surface area contributed by atoms with E-state index in [-0.39, 0.29) is 11.7 Å². The third-order valence-electron chi connectivity index (χ3n) is 5.52. The molecule has 1 aromatic heterocycles. The number of sulfonamides is 1. The number of piperidine rings is 1. The van der Waals surface area contributed by atoms with E-state index in [4.69, 9.17) is 0 Å². The van der Waals surface area contributed by atoms with Gasteiger partial charge in [0.1, 0.15) is 5.82 Å². The first-order valence-corrected chi connectivity index (χ1v) is 10.6. The summed E-state index contributed by atoms with van der Waals surface area (Å²) in [6, 6.07) is 10.2. The van der Waals surface area contributed by atoms with E-state index in [0.717, 1.165) is 40.4 Å². The Bertz CT molecular complexity index is 1100. The lowest BCUT2D eigenvalue weighted by Crippen LogP contribution is -2.38. The lowest BCUT2D eigenvalue weighted by atomic mass is 9.90. The first-order valence-electron chi connectivity index (χ1n) is 9.20. The van der Waals surface area contributed by atoms with Crippen LogP contribution in [-0.4, -0.2) is 30.8 Å². The maximum Gasteiger partial charge on any atom is 0.243 e. The molecule has 142 valence electrons. The van der Waals surface area contributed by atoms with Gasteiger partial charge in [0.05, 0.1) is 4.90 Å². The third-order valence-corrected chi connectivity index (χ3v) is 7.58. The fourth-order valence-electron chi connectivity index (χ4n) is 4.09. The Hall–Kier alpha value is -2.18. The highest BCUT2D eigenvalue weighted by Gasteiger charge is 2.31. The normalized spacial score (nSPS) is 16.9. The summed E-state index contributed by atoms with van der Waals surface area (Å²) in [5.41, 5.74) is 3.82. The Morgan fingerprint density at radius 1 is 1.07 bits per heavy atom. The minimum absolute atomic E-state index is 0.228. The zero-order valence-electron chi connectivity index (χ0n) is 15.5. The molecule has 1 saturated heterocycles. The number of H-pyrrole nitrogens is 1. The minimum Gasteiger partial charge on any atom is -0.361 e. The van der Waals surface area contributed by atoms with E-state index < -0.39 is 10.0 Å². The summed E-state index contributed by atoms with van der Waals surface area (Å²) in [5.74, 6) is -0.0238. The van der Waals surface area contributed by atoms with Crippen LogP contribution in [-0.2, 0) is 10.0 Å². The van der Waals surface area contributed by atoms with Gasteiger partial charge in [-0.1, -0.05) is 17.7 Å². The van der Waals surface area contributed by atoms with Gasteiger partial charge in [0, 0.05) is 30.2 Å². The number of aromatic nitrogens is 1. The molecule has 0 amide bonds. The standard InChI is InChI=1S/C21H23FN2O2S/c1-14-3-6-21(15(2)11-14)27(25,26)24-9-7-16(8-10-24)19-13-23-20-5-4-17(22)12-18(19)20/h3-6,11-13,16,23H,7-10H2,1-2H3. The summed E-state index contributed by atoms with van der Waals surface area (Å²) in [4.78, 5) is 3.58. The highest BCUT2D eigenvalue weighted by Crippen LogP contribution is 2.35. The molecule has 2 heterocycles. The lowest BCUT2D eigenvalue weighted by Gasteiger charge is -2.31. The molecule has 27 heavy (non-hydrogen) atoms. The molecule has 4 rings (SSSR count). The van der Waals surface area contributed by atoms with Crippen molar-refractivity contribution >= 4 is 20.9 Å². The van der Waals surface area contributed by atoms with Crippen molar-refractivity contribution in [1.29, 1.82) is 0 Å². The average Bonchev–Trinajstić information content (AvgIpc) is 3.04. The number of benzene rings is 2. The van der Waals surface area contributed by atoms with E-state index in [1.165, 1.54) is 6.07 Å². The van der Waals surface area contributed by atoms with Crippen LogP contribution in [0.1, 0.15) is 35.4 Å². The first-order chi connectivity index (χ1) is 12.9. The van der Waals surface area contributed by atoms with Crippen LogP contribution in [0.25, 0.3) is 10.9 Å². The Morgan fingerprint density at radius 3 is 2.52 bits per heavy atom. The van der Waals surface area contributed by atoms with Gasteiger partial charge in [-0.05, 0) is 68.0 Å². The van der Waals surface area contributed by atoms with Crippen molar-refractivity contribution < 1.29 is 12.8 Å². The van der Waals surface area contributed by atoms with Gasteiger partial charge >= 0.3 is 0 Å². The van der Waals surface area contributed by atoms with Gasteiger partial charge in [0.25, 0.3) is 0 Å². The molecule has 0 unspecified atom stereocenters. The van der Waals surface area contributed by atoms with E-state index in [9.17, 15) is 12.8 Å². The summed E-state index contributed by atoms with van der Waals surface area (Å²) < 4.78 is 41.3. The maximum atomic E-state index is 13.6. The van der Waals surface area contributed by atoms with Crippen molar-refractivity contribution in [2.24, 2.45) is 0 Å². The predicted octanol–water partition coefficient (Wildman–Crippen LogP) is 4.49. The molecule has 0 bridgehead atoms. The molecule has 1 aliphatic heterocycles. The highest BCUT2D eigenvalue weighted by atomic mass is 32.2. The van der Waals surface area contributed by atoms with E-state index in [1.807, 2.05) is 32.2 Å². The average molecular weight is 386 g/mol. The molecule has 1 aliphatic rings. The van der Waals surface area contributed by atoms with Crippen molar-refractivity contribution in [3.8, 4) is 0 Å². The predicted molar refractivity (Wildman–Crippen MR) is 105 cm³/mol. The summed E-state index contributed by atoms with van der Waals surface area (Å²) in [7, 11) is -3.49. The van der Waals surface area contributed by atoms with Crippen molar-refractivity contribution in [2.45, 2.75) is 37.5 Å². The van der Waals surface area contributed by atoms with Crippen molar-refractivity contribution in [3.63, 3.8) is 0 Å². The molecule has 2 aromatic carbocycles. The van der Waals surface area contributed by atoms with Gasteiger partial charge in [-0.15, -0.1) is 0 Å². The number of fused-ring (bicyclic) bond motifs is 1. The molecule has 1 N–H and O–H groups in total. The van der Waals surface area contributed by atoms with Crippen LogP contribution in [0.15, 0.2) is 47.5 Å². The number of nitrogens with one attached hydrogen (secondary N) is 1. The number of halogens is 1. The number of aromatic amines is 1. The summed E-state index contributed by atoms with van der Waals surface area (Å²) in [6.07, 6.45) is 3.39. The van der Waals surface area contributed by atoms with Gasteiger partial charge in [-0.2, -0.15) is 4.31 Å². The number of hydrogen-bond acceptors (Lipinski definition) is 2. The van der Waals surface area contributed by atoms with Gasteiger partial charge < -0.3 is 4.98 Å². The van der Waals surface area contributed by atoms with Gasteiger partial charge in [0.15, 0.2) is 0 Å². The van der Waals surface area contributed by atoms with E-state index in [1.54, 1.807) is 22.5 Å². The van der Waals surface area contributed by atoms with Crippen molar-refractivity contribution in [1.82, 2.24) is 9.29 Å². The molecule has 0 radical (unpaired) electrons. The van der Waals surface area contributed by atoms with E-state index in [0.29, 0.717) is 18.0 Å². The van der Waals surface area contributed by atoms with Crippen LogP contribution >= 0.6 is 0 Å². The van der Waals surface area contributed by atoms with Gasteiger partial charge in [-0.3, -0.25) is 0 Å². The van der Waals surface area contributed by atoms with Gasteiger partial charge in [-0.25, -0.2) is 12.8 Å². The van der Waals surface area contributed by atoms with Crippen LogP contribution in [0.5, 0.6) is 0 Å². The van der Waals surface area contributed by atoms with Crippen LogP contribution in [0.2, 0.25) is 0 Å². The summed E-state index contributed by atoms with van der Waals surface area (Å²) in [5, 5.41) is 0.894.